The molecule has 0 amide bonds. The molecule has 0 saturated carbocycles. The summed E-state index contributed by atoms with van der Waals surface area (Å²) in [5.41, 5.74) is 2.41. The van der Waals surface area contributed by atoms with Gasteiger partial charge in [-0.3, -0.25) is 4.99 Å². The van der Waals surface area contributed by atoms with Crippen molar-refractivity contribution in [3.63, 3.8) is 0 Å². The summed E-state index contributed by atoms with van der Waals surface area (Å²) >= 11 is 0. The summed E-state index contributed by atoms with van der Waals surface area (Å²) in [6.07, 6.45) is 0. The van der Waals surface area contributed by atoms with Crippen LogP contribution in [0, 0.1) is 18.6 Å². The molecule has 2 N–H and O–H groups in total. The smallest absolute Gasteiger partial charge is 0.191 e. The number of hydrogen-bond donors (Lipinski definition) is 2. The van der Waals surface area contributed by atoms with E-state index >= 15 is 0 Å². The van der Waals surface area contributed by atoms with Gasteiger partial charge in [0.1, 0.15) is 11.6 Å². The molecular weight excluding hydrogens is 334 g/mol. The largest absolute Gasteiger partial charge is 0.354 e. The third kappa shape index (κ3) is 5.02. The molecule has 0 aromatic heterocycles. The Hall–Kier alpha value is -2.47. The van der Waals surface area contributed by atoms with E-state index in [1.54, 1.807) is 26.0 Å². The zero-order valence-electron chi connectivity index (χ0n) is 15.7. The Morgan fingerprint density at radius 2 is 1.69 bits per heavy atom. The zero-order chi connectivity index (χ0) is 19.1. The molecule has 0 aliphatic heterocycles. The third-order valence-electron chi connectivity index (χ3n) is 4.35. The van der Waals surface area contributed by atoms with Crippen molar-refractivity contribution in [2.45, 2.75) is 19.5 Å². The lowest BCUT2D eigenvalue weighted by atomic mass is 10.0. The van der Waals surface area contributed by atoms with Crippen molar-refractivity contribution in [3.8, 4) is 0 Å². The van der Waals surface area contributed by atoms with Crippen LogP contribution < -0.4 is 10.6 Å². The van der Waals surface area contributed by atoms with E-state index in [-0.39, 0.29) is 5.56 Å². The fourth-order valence-electron chi connectivity index (χ4n) is 2.77. The standard InChI is InChI=1S/C20H26F2N4/c1-14-8-5-6-9-15(14)12-24-20(23-2)25-13-18(26(3)4)19-16(21)10-7-11-17(19)22/h5-11,18H,12-13H2,1-4H3,(H2,23,24,25). The van der Waals surface area contributed by atoms with Crippen molar-refractivity contribution in [1.29, 1.82) is 0 Å². The van der Waals surface area contributed by atoms with Crippen molar-refractivity contribution in [2.75, 3.05) is 27.7 Å². The number of aryl methyl sites for hydroxylation is 1. The summed E-state index contributed by atoms with van der Waals surface area (Å²) in [6, 6.07) is 11.5. The van der Waals surface area contributed by atoms with E-state index in [4.69, 9.17) is 0 Å². The molecule has 0 bridgehead atoms. The molecule has 0 spiro atoms. The average Bonchev–Trinajstić information content (AvgIpc) is 2.60. The van der Waals surface area contributed by atoms with Crippen molar-refractivity contribution in [1.82, 2.24) is 15.5 Å². The molecule has 0 radical (unpaired) electrons. The van der Waals surface area contributed by atoms with Gasteiger partial charge in [0.05, 0.1) is 6.04 Å². The van der Waals surface area contributed by atoms with Gasteiger partial charge in [0, 0.05) is 25.7 Å². The van der Waals surface area contributed by atoms with Crippen LogP contribution in [0.1, 0.15) is 22.7 Å². The summed E-state index contributed by atoms with van der Waals surface area (Å²) < 4.78 is 28.3. The van der Waals surface area contributed by atoms with Gasteiger partial charge < -0.3 is 15.5 Å². The maximum absolute atomic E-state index is 14.1. The van der Waals surface area contributed by atoms with E-state index in [9.17, 15) is 8.78 Å². The molecule has 2 aromatic carbocycles. The average molecular weight is 360 g/mol. The number of hydrogen-bond acceptors (Lipinski definition) is 2. The highest BCUT2D eigenvalue weighted by atomic mass is 19.1. The second-order valence-electron chi connectivity index (χ2n) is 6.35. The Bertz CT molecular complexity index is 739. The Morgan fingerprint density at radius 3 is 2.27 bits per heavy atom. The van der Waals surface area contributed by atoms with E-state index in [2.05, 4.69) is 28.6 Å². The van der Waals surface area contributed by atoms with Gasteiger partial charge >= 0.3 is 0 Å². The Morgan fingerprint density at radius 1 is 1.04 bits per heavy atom. The summed E-state index contributed by atoms with van der Waals surface area (Å²) in [4.78, 5) is 5.97. The van der Waals surface area contributed by atoms with Crippen molar-refractivity contribution < 1.29 is 8.78 Å². The monoisotopic (exact) mass is 360 g/mol. The Kier molecular flexibility index (Phi) is 7.09. The fraction of sp³-hybridized carbons (Fsp3) is 0.350. The second-order valence-corrected chi connectivity index (χ2v) is 6.35. The molecule has 1 atom stereocenters. The molecular formula is C20H26F2N4. The minimum absolute atomic E-state index is 0.0550. The van der Waals surface area contributed by atoms with Crippen LogP contribution in [0.15, 0.2) is 47.5 Å². The van der Waals surface area contributed by atoms with Gasteiger partial charge in [-0.25, -0.2) is 8.78 Å². The first-order chi connectivity index (χ1) is 12.4. The molecule has 4 nitrogen and oxygen atoms in total. The molecule has 0 aliphatic rings. The quantitative estimate of drug-likeness (QED) is 0.614. The summed E-state index contributed by atoms with van der Waals surface area (Å²) in [6.45, 7) is 2.99. The molecule has 6 heteroatoms. The highest BCUT2D eigenvalue weighted by molar-refractivity contribution is 5.79. The van der Waals surface area contributed by atoms with Crippen LogP contribution in [0.5, 0.6) is 0 Å². The van der Waals surface area contributed by atoms with Crippen LogP contribution in [-0.4, -0.2) is 38.5 Å². The maximum atomic E-state index is 14.1. The third-order valence-corrected chi connectivity index (χ3v) is 4.35. The molecule has 140 valence electrons. The number of likely N-dealkylation sites (N-methyl/N-ethyl adjacent to an activating group) is 1. The van der Waals surface area contributed by atoms with Gasteiger partial charge in [-0.1, -0.05) is 30.3 Å². The van der Waals surface area contributed by atoms with E-state index < -0.39 is 17.7 Å². The van der Waals surface area contributed by atoms with Crippen molar-refractivity contribution in [2.24, 2.45) is 4.99 Å². The van der Waals surface area contributed by atoms with Crippen LogP contribution in [0.25, 0.3) is 0 Å². The summed E-state index contributed by atoms with van der Waals surface area (Å²) in [5, 5.41) is 6.39. The number of halogens is 2. The molecule has 26 heavy (non-hydrogen) atoms. The SMILES string of the molecule is CN=C(NCc1ccccc1C)NCC(c1c(F)cccc1F)N(C)C. The first-order valence-electron chi connectivity index (χ1n) is 8.53. The first-order valence-corrected chi connectivity index (χ1v) is 8.53. The summed E-state index contributed by atoms with van der Waals surface area (Å²) in [5.74, 6) is -0.515. The van der Waals surface area contributed by atoms with Crippen LogP contribution in [0.2, 0.25) is 0 Å². The van der Waals surface area contributed by atoms with Crippen molar-refractivity contribution >= 4 is 5.96 Å². The van der Waals surface area contributed by atoms with E-state index in [0.717, 1.165) is 0 Å². The number of nitrogens with one attached hydrogen (secondary N) is 2. The van der Waals surface area contributed by atoms with E-state index in [0.29, 0.717) is 19.0 Å². The van der Waals surface area contributed by atoms with Gasteiger partial charge in [-0.2, -0.15) is 0 Å². The number of benzene rings is 2. The van der Waals surface area contributed by atoms with Gasteiger partial charge in [0.25, 0.3) is 0 Å². The minimum Gasteiger partial charge on any atom is -0.354 e. The molecule has 0 aliphatic carbocycles. The van der Waals surface area contributed by atoms with Gasteiger partial charge in [0.2, 0.25) is 0 Å². The minimum atomic E-state index is -0.548. The highest BCUT2D eigenvalue weighted by Crippen LogP contribution is 2.23. The number of nitrogens with zero attached hydrogens (tertiary/aromatic N) is 2. The maximum Gasteiger partial charge on any atom is 0.191 e. The zero-order valence-corrected chi connectivity index (χ0v) is 15.7. The van der Waals surface area contributed by atoms with Crippen LogP contribution >= 0.6 is 0 Å². The lowest BCUT2D eigenvalue weighted by Crippen LogP contribution is -2.42. The van der Waals surface area contributed by atoms with Gasteiger partial charge in [0.15, 0.2) is 5.96 Å². The molecule has 0 heterocycles. The molecule has 2 aromatic rings. The first kappa shape index (κ1) is 19.8. The number of rotatable bonds is 6. The second kappa shape index (κ2) is 9.29. The van der Waals surface area contributed by atoms with Crippen molar-refractivity contribution in [3.05, 3.63) is 70.8 Å². The number of guanidine groups is 1. The number of aliphatic imine (C=N–C) groups is 1. The van der Waals surface area contributed by atoms with Gasteiger partial charge in [-0.05, 0) is 44.3 Å². The predicted octanol–water partition coefficient (Wildman–Crippen LogP) is 3.24. The molecule has 0 saturated heterocycles. The highest BCUT2D eigenvalue weighted by Gasteiger charge is 2.22. The molecule has 1 unspecified atom stereocenters. The lowest BCUT2D eigenvalue weighted by molar-refractivity contribution is 0.282. The topological polar surface area (TPSA) is 39.7 Å². The lowest BCUT2D eigenvalue weighted by Gasteiger charge is -2.26. The van der Waals surface area contributed by atoms with Crippen LogP contribution in [0.4, 0.5) is 8.78 Å². The van der Waals surface area contributed by atoms with E-state index in [1.165, 1.54) is 29.3 Å². The summed E-state index contributed by atoms with van der Waals surface area (Å²) in [7, 11) is 5.25. The molecule has 2 rings (SSSR count). The predicted molar refractivity (Wildman–Crippen MR) is 102 cm³/mol. The van der Waals surface area contributed by atoms with Crippen LogP contribution in [-0.2, 0) is 6.54 Å². The Labute approximate surface area is 153 Å². The normalized spacial score (nSPS) is 13.0. The van der Waals surface area contributed by atoms with Crippen LogP contribution in [0.3, 0.4) is 0 Å². The van der Waals surface area contributed by atoms with Gasteiger partial charge in [-0.15, -0.1) is 0 Å². The Balaban J connectivity index is 2.04. The molecule has 0 fully saturated rings. The van der Waals surface area contributed by atoms with E-state index in [1.807, 2.05) is 18.2 Å². The fourth-order valence-corrected chi connectivity index (χ4v) is 2.77.